The molecule has 0 amide bonds. The van der Waals surface area contributed by atoms with E-state index in [-0.39, 0.29) is 0 Å². The molecule has 0 saturated carbocycles. The fourth-order valence-corrected chi connectivity index (χ4v) is 3.14. The highest BCUT2D eigenvalue weighted by molar-refractivity contribution is 5.78. The predicted octanol–water partition coefficient (Wildman–Crippen LogP) is 3.20. The van der Waals surface area contributed by atoms with Crippen molar-refractivity contribution in [3.63, 3.8) is 0 Å². The first-order chi connectivity index (χ1) is 10.3. The van der Waals surface area contributed by atoms with Gasteiger partial charge in [-0.25, -0.2) is 0 Å². The van der Waals surface area contributed by atoms with E-state index in [1.807, 2.05) is 0 Å². The van der Waals surface area contributed by atoms with Crippen LogP contribution in [0.3, 0.4) is 0 Å². The number of fused-ring (bicyclic) bond motifs is 1. The number of aromatic nitrogens is 1. The summed E-state index contributed by atoms with van der Waals surface area (Å²) < 4.78 is 0. The Morgan fingerprint density at radius 1 is 1.24 bits per heavy atom. The molecule has 1 aliphatic heterocycles. The Morgan fingerprint density at radius 3 is 3.05 bits per heavy atom. The molecule has 1 aliphatic rings. The van der Waals surface area contributed by atoms with Crippen molar-refractivity contribution in [2.24, 2.45) is 0 Å². The molecule has 0 radical (unpaired) electrons. The summed E-state index contributed by atoms with van der Waals surface area (Å²) in [5.74, 6) is 0. The van der Waals surface area contributed by atoms with Gasteiger partial charge in [0.2, 0.25) is 0 Å². The summed E-state index contributed by atoms with van der Waals surface area (Å²) in [5.41, 5.74) is 2.29. The molecule has 1 atom stereocenters. The van der Waals surface area contributed by atoms with Crippen LogP contribution in [-0.4, -0.2) is 35.6 Å². The minimum atomic E-state index is 0.652. The fraction of sp³-hybridized carbons (Fsp3) is 0.500. The van der Waals surface area contributed by atoms with Crippen molar-refractivity contribution in [1.82, 2.24) is 15.2 Å². The van der Waals surface area contributed by atoms with Crippen molar-refractivity contribution in [3.05, 3.63) is 42.1 Å². The number of rotatable bonds is 5. The molecule has 2 heterocycles. The maximum absolute atomic E-state index is 4.79. The van der Waals surface area contributed by atoms with Gasteiger partial charge in [0.25, 0.3) is 0 Å². The Balaban J connectivity index is 1.64. The Kier molecular flexibility index (Phi) is 4.84. The molecular weight excluding hydrogens is 258 g/mol. The number of likely N-dealkylation sites (tertiary alicyclic amines) is 1. The third kappa shape index (κ3) is 3.80. The van der Waals surface area contributed by atoms with Crippen LogP contribution >= 0.6 is 0 Å². The smallest absolute Gasteiger partial charge is 0.0705 e. The van der Waals surface area contributed by atoms with Crippen LogP contribution in [0.1, 0.15) is 31.9 Å². The van der Waals surface area contributed by atoms with E-state index < -0.39 is 0 Å². The number of hydrogen-bond acceptors (Lipinski definition) is 3. The van der Waals surface area contributed by atoms with Gasteiger partial charge in [0.05, 0.1) is 11.2 Å². The van der Waals surface area contributed by atoms with E-state index in [2.05, 4.69) is 53.5 Å². The van der Waals surface area contributed by atoms with Crippen LogP contribution < -0.4 is 5.32 Å². The summed E-state index contributed by atoms with van der Waals surface area (Å²) in [4.78, 5) is 7.33. The summed E-state index contributed by atoms with van der Waals surface area (Å²) >= 11 is 0. The Bertz CT molecular complexity index is 581. The molecular formula is C18H25N3. The second kappa shape index (κ2) is 7.01. The molecule has 112 valence electrons. The van der Waals surface area contributed by atoms with Gasteiger partial charge < -0.3 is 5.32 Å². The van der Waals surface area contributed by atoms with Crippen LogP contribution in [0.5, 0.6) is 0 Å². The van der Waals surface area contributed by atoms with Crippen LogP contribution in [0.15, 0.2) is 36.4 Å². The van der Waals surface area contributed by atoms with Crippen LogP contribution in [0.2, 0.25) is 0 Å². The van der Waals surface area contributed by atoms with E-state index in [9.17, 15) is 0 Å². The van der Waals surface area contributed by atoms with Gasteiger partial charge in [0.15, 0.2) is 0 Å². The predicted molar refractivity (Wildman–Crippen MR) is 88.3 cm³/mol. The molecule has 21 heavy (non-hydrogen) atoms. The summed E-state index contributed by atoms with van der Waals surface area (Å²) in [6.07, 6.45) is 3.80. The number of piperidine rings is 1. The Labute approximate surface area is 127 Å². The van der Waals surface area contributed by atoms with Gasteiger partial charge in [0.1, 0.15) is 0 Å². The third-order valence-corrected chi connectivity index (χ3v) is 4.23. The molecule has 0 aliphatic carbocycles. The molecule has 3 heteroatoms. The monoisotopic (exact) mass is 283 g/mol. The van der Waals surface area contributed by atoms with E-state index in [0.717, 1.165) is 25.2 Å². The fourth-order valence-electron chi connectivity index (χ4n) is 3.14. The summed E-state index contributed by atoms with van der Waals surface area (Å²) in [6, 6.07) is 13.4. The van der Waals surface area contributed by atoms with E-state index in [1.165, 1.54) is 36.9 Å². The van der Waals surface area contributed by atoms with Gasteiger partial charge >= 0.3 is 0 Å². The lowest BCUT2D eigenvalue weighted by atomic mass is 10.1. The number of nitrogens with zero attached hydrogens (tertiary/aromatic N) is 2. The van der Waals surface area contributed by atoms with E-state index >= 15 is 0 Å². The number of nitrogens with one attached hydrogen (secondary N) is 1. The number of benzene rings is 1. The van der Waals surface area contributed by atoms with Gasteiger partial charge in [-0.15, -0.1) is 0 Å². The molecule has 1 saturated heterocycles. The molecule has 1 fully saturated rings. The lowest BCUT2D eigenvalue weighted by molar-refractivity contribution is 0.182. The lowest BCUT2D eigenvalue weighted by Crippen LogP contribution is -2.45. The highest BCUT2D eigenvalue weighted by atomic mass is 15.2. The third-order valence-electron chi connectivity index (χ3n) is 4.23. The zero-order valence-electron chi connectivity index (χ0n) is 12.9. The van der Waals surface area contributed by atoms with E-state index in [4.69, 9.17) is 4.98 Å². The molecule has 1 aromatic heterocycles. The lowest BCUT2D eigenvalue weighted by Gasteiger charge is -2.33. The molecule has 0 bridgehead atoms. The minimum Gasteiger partial charge on any atom is -0.313 e. The first-order valence-electron chi connectivity index (χ1n) is 8.15. The number of pyridine rings is 1. The first-order valence-corrected chi connectivity index (χ1v) is 8.15. The topological polar surface area (TPSA) is 28.2 Å². The van der Waals surface area contributed by atoms with E-state index in [1.54, 1.807) is 0 Å². The van der Waals surface area contributed by atoms with Crippen LogP contribution in [-0.2, 0) is 6.54 Å². The summed E-state index contributed by atoms with van der Waals surface area (Å²) in [7, 11) is 0. The van der Waals surface area contributed by atoms with Crippen molar-refractivity contribution in [3.8, 4) is 0 Å². The SMILES string of the molecule is CCCNC1CCCN(Cc2ccc3ccccc3n2)C1. The average molecular weight is 283 g/mol. The summed E-state index contributed by atoms with van der Waals surface area (Å²) in [5, 5.41) is 4.88. The van der Waals surface area contributed by atoms with Gasteiger partial charge in [-0.2, -0.15) is 0 Å². The van der Waals surface area contributed by atoms with Crippen molar-refractivity contribution in [1.29, 1.82) is 0 Å². The van der Waals surface area contributed by atoms with Gasteiger partial charge in [0, 0.05) is 24.5 Å². The average Bonchev–Trinajstić information content (AvgIpc) is 2.53. The standard InChI is InChI=1S/C18H25N3/c1-2-11-19-16-7-5-12-21(13-16)14-17-10-9-15-6-3-4-8-18(15)20-17/h3-4,6,8-10,16,19H,2,5,7,11-14H2,1H3. The molecule has 3 rings (SSSR count). The van der Waals surface area contributed by atoms with Gasteiger partial charge in [-0.05, 0) is 44.5 Å². The Hall–Kier alpha value is -1.45. The van der Waals surface area contributed by atoms with Crippen molar-refractivity contribution >= 4 is 10.9 Å². The van der Waals surface area contributed by atoms with Crippen LogP contribution in [0, 0.1) is 0 Å². The van der Waals surface area contributed by atoms with Crippen molar-refractivity contribution in [2.75, 3.05) is 19.6 Å². The van der Waals surface area contributed by atoms with Crippen molar-refractivity contribution < 1.29 is 0 Å². The largest absolute Gasteiger partial charge is 0.313 e. The summed E-state index contributed by atoms with van der Waals surface area (Å²) in [6.45, 7) is 6.67. The van der Waals surface area contributed by atoms with Crippen molar-refractivity contribution in [2.45, 2.75) is 38.8 Å². The van der Waals surface area contributed by atoms with E-state index in [0.29, 0.717) is 6.04 Å². The molecule has 2 aromatic rings. The van der Waals surface area contributed by atoms with Gasteiger partial charge in [-0.3, -0.25) is 9.88 Å². The first kappa shape index (κ1) is 14.5. The maximum atomic E-state index is 4.79. The molecule has 1 aromatic carbocycles. The van der Waals surface area contributed by atoms with Gasteiger partial charge in [-0.1, -0.05) is 31.2 Å². The quantitative estimate of drug-likeness (QED) is 0.913. The van der Waals surface area contributed by atoms with Crippen LogP contribution in [0.25, 0.3) is 10.9 Å². The molecule has 3 nitrogen and oxygen atoms in total. The second-order valence-corrected chi connectivity index (χ2v) is 6.02. The second-order valence-electron chi connectivity index (χ2n) is 6.02. The highest BCUT2D eigenvalue weighted by Gasteiger charge is 2.19. The van der Waals surface area contributed by atoms with Crippen LogP contribution in [0.4, 0.5) is 0 Å². The number of hydrogen-bond donors (Lipinski definition) is 1. The zero-order chi connectivity index (χ0) is 14.5. The number of para-hydroxylation sites is 1. The molecule has 1 N–H and O–H groups in total. The highest BCUT2D eigenvalue weighted by Crippen LogP contribution is 2.16. The molecule has 1 unspecified atom stereocenters. The normalized spacial score (nSPS) is 20.0. The minimum absolute atomic E-state index is 0.652. The molecule has 0 spiro atoms. The Morgan fingerprint density at radius 2 is 2.14 bits per heavy atom. The maximum Gasteiger partial charge on any atom is 0.0705 e. The zero-order valence-corrected chi connectivity index (χ0v) is 12.9.